The molecule has 0 aromatic carbocycles. The number of halogens is 1. The second-order valence-corrected chi connectivity index (χ2v) is 11.5. The van der Waals surface area contributed by atoms with E-state index in [9.17, 15) is 33.6 Å². The van der Waals surface area contributed by atoms with Crippen molar-refractivity contribution in [3.05, 3.63) is 32.6 Å². The second-order valence-electron chi connectivity index (χ2n) is 7.94. The summed E-state index contributed by atoms with van der Waals surface area (Å²) in [5.74, 6) is 0.239. The van der Waals surface area contributed by atoms with Crippen LogP contribution in [0.25, 0.3) is 0 Å². The van der Waals surface area contributed by atoms with E-state index in [1.807, 2.05) is 0 Å². The zero-order valence-corrected chi connectivity index (χ0v) is 20.0. The van der Waals surface area contributed by atoms with Gasteiger partial charge in [-0.1, -0.05) is 11.8 Å². The van der Waals surface area contributed by atoms with E-state index < -0.39 is 55.9 Å². The number of alkyl halides is 1. The molecule has 1 aromatic rings. The molecule has 2 unspecified atom stereocenters. The minimum Gasteiger partial charge on any atom is -0.390 e. The molecular formula is C18H29FN3O8PS. The van der Waals surface area contributed by atoms with E-state index in [0.29, 0.717) is 0 Å². The van der Waals surface area contributed by atoms with Crippen LogP contribution in [-0.2, 0) is 18.4 Å². The molecule has 1 aliphatic carbocycles. The number of nitrogens with zero attached hydrogens (tertiary/aromatic N) is 2. The Morgan fingerprint density at radius 2 is 2.06 bits per heavy atom. The Labute approximate surface area is 188 Å². The van der Waals surface area contributed by atoms with Gasteiger partial charge in [0.2, 0.25) is 0 Å². The fourth-order valence-electron chi connectivity index (χ4n) is 3.46. The Hall–Kier alpha value is -1.34. The van der Waals surface area contributed by atoms with Crippen molar-refractivity contribution >= 4 is 24.6 Å². The molecule has 0 bridgehead atoms. The molecule has 0 radical (unpaired) electrons. The molecule has 2 rings (SSSR count). The predicted octanol–water partition coefficient (Wildman–Crippen LogP) is 0.450. The quantitative estimate of drug-likeness (QED) is 0.307. The Morgan fingerprint density at radius 1 is 1.41 bits per heavy atom. The number of thioether (sulfide) groups is 1. The molecule has 3 N–H and O–H groups in total. The lowest BCUT2D eigenvalue weighted by molar-refractivity contribution is -0.109. The zero-order valence-electron chi connectivity index (χ0n) is 18.3. The number of aromatic amines is 1. The van der Waals surface area contributed by atoms with Crippen molar-refractivity contribution in [3.63, 3.8) is 0 Å². The van der Waals surface area contributed by atoms with Crippen LogP contribution in [0.15, 0.2) is 15.8 Å². The molecule has 0 aliphatic heterocycles. The molecule has 1 fully saturated rings. The van der Waals surface area contributed by atoms with Gasteiger partial charge in [-0.25, -0.2) is 14.0 Å². The van der Waals surface area contributed by atoms with Gasteiger partial charge in [-0.2, -0.15) is 0 Å². The van der Waals surface area contributed by atoms with E-state index in [1.165, 1.54) is 38.8 Å². The normalized spacial score (nSPS) is 27.6. The number of carbonyl (C=O) groups is 1. The third kappa shape index (κ3) is 5.77. The first-order chi connectivity index (χ1) is 14.9. The lowest BCUT2D eigenvalue weighted by atomic mass is 9.86. The van der Waals surface area contributed by atoms with Crippen molar-refractivity contribution in [2.45, 2.75) is 38.5 Å². The summed E-state index contributed by atoms with van der Waals surface area (Å²) in [6, 6.07) is -1.04. The van der Waals surface area contributed by atoms with Crippen LogP contribution in [0.4, 0.5) is 4.39 Å². The lowest BCUT2D eigenvalue weighted by Gasteiger charge is -2.32. The van der Waals surface area contributed by atoms with Crippen molar-refractivity contribution in [1.29, 1.82) is 0 Å². The summed E-state index contributed by atoms with van der Waals surface area (Å²) in [7, 11) is -1.01. The highest BCUT2D eigenvalue weighted by molar-refractivity contribution is 8.13. The van der Waals surface area contributed by atoms with E-state index >= 15 is 0 Å². The number of aromatic nitrogens is 2. The standard InChI is InChI=1S/C18H29FN3O8PS/c1-11-8-22(17(27)20-16(11)26)13-7-18(9-19,15(25)14(13)24)10-30-31(28,21(3)4)29-5-6-32-12(2)23/h8,13-15,24-25H,5-7,9-10H2,1-4H3,(H,20,26,27)/t13-,14?,15+,18-,31?/m0/s1. The largest absolute Gasteiger partial charge is 0.407 e. The Bertz CT molecular complexity index is 986. The van der Waals surface area contributed by atoms with Crippen molar-refractivity contribution in [2.24, 2.45) is 5.41 Å². The number of hydrogen-bond donors (Lipinski definition) is 3. The van der Waals surface area contributed by atoms with Crippen LogP contribution in [0, 0.1) is 12.3 Å². The molecule has 32 heavy (non-hydrogen) atoms. The SMILES string of the molecule is CC(=O)SCCOP(=O)(OC[C@@]1(CF)C[C@H](n2cc(C)c(=O)[nH]c2=O)C(O)[C@H]1O)N(C)C. The Balaban J connectivity index is 2.22. The van der Waals surface area contributed by atoms with Gasteiger partial charge < -0.3 is 10.2 Å². The average molecular weight is 497 g/mol. The average Bonchev–Trinajstić information content (AvgIpc) is 2.97. The van der Waals surface area contributed by atoms with Crippen LogP contribution in [0.5, 0.6) is 0 Å². The number of aliphatic hydroxyl groups excluding tert-OH is 2. The van der Waals surface area contributed by atoms with Gasteiger partial charge in [0, 0.05) is 24.4 Å². The number of rotatable bonds is 10. The summed E-state index contributed by atoms with van der Waals surface area (Å²) in [4.78, 5) is 37.0. The van der Waals surface area contributed by atoms with Gasteiger partial charge in [0.25, 0.3) is 5.56 Å². The molecule has 1 saturated carbocycles. The number of aliphatic hydroxyl groups is 2. The van der Waals surface area contributed by atoms with Crippen molar-refractivity contribution < 1.29 is 33.0 Å². The summed E-state index contributed by atoms with van der Waals surface area (Å²) in [5, 5.41) is 21.0. The fourth-order valence-corrected chi connectivity index (χ4v) is 5.32. The maximum Gasteiger partial charge on any atom is 0.407 e. The number of hydrogen-bond acceptors (Lipinski definition) is 9. The molecule has 0 spiro atoms. The summed E-state index contributed by atoms with van der Waals surface area (Å²) in [5.41, 5.74) is -2.87. The summed E-state index contributed by atoms with van der Waals surface area (Å²) in [6.45, 7) is 1.09. The first-order valence-electron chi connectivity index (χ1n) is 9.81. The molecule has 0 saturated heterocycles. The van der Waals surface area contributed by atoms with Gasteiger partial charge in [0.15, 0.2) is 5.12 Å². The lowest BCUT2D eigenvalue weighted by Crippen LogP contribution is -2.42. The van der Waals surface area contributed by atoms with Gasteiger partial charge in [0.05, 0.1) is 37.4 Å². The van der Waals surface area contributed by atoms with Crippen LogP contribution < -0.4 is 11.2 Å². The van der Waals surface area contributed by atoms with Gasteiger partial charge in [-0.15, -0.1) is 0 Å². The Kier molecular flexibility index (Phi) is 9.02. The van der Waals surface area contributed by atoms with Gasteiger partial charge >= 0.3 is 13.4 Å². The van der Waals surface area contributed by atoms with Crippen molar-refractivity contribution in [3.8, 4) is 0 Å². The highest BCUT2D eigenvalue weighted by Crippen LogP contribution is 2.54. The molecule has 0 amide bonds. The molecular weight excluding hydrogens is 468 g/mol. The van der Waals surface area contributed by atoms with E-state index in [1.54, 1.807) is 0 Å². The van der Waals surface area contributed by atoms with Gasteiger partial charge in [-0.05, 0) is 27.4 Å². The zero-order chi connectivity index (χ0) is 24.3. The molecule has 5 atom stereocenters. The topological polar surface area (TPSA) is 151 Å². The van der Waals surface area contributed by atoms with Crippen LogP contribution in [-0.4, -0.2) is 81.5 Å². The first kappa shape index (κ1) is 26.9. The smallest absolute Gasteiger partial charge is 0.390 e. The van der Waals surface area contributed by atoms with Crippen molar-refractivity contribution in [2.75, 3.05) is 39.7 Å². The highest BCUT2D eigenvalue weighted by atomic mass is 32.2. The maximum atomic E-state index is 14.2. The minimum atomic E-state index is -3.89. The summed E-state index contributed by atoms with van der Waals surface area (Å²) >= 11 is 0.983. The third-order valence-electron chi connectivity index (χ3n) is 5.38. The minimum absolute atomic E-state index is 0.0673. The summed E-state index contributed by atoms with van der Waals surface area (Å²) in [6.07, 6.45) is -2.16. The van der Waals surface area contributed by atoms with Crippen LogP contribution in [0.1, 0.15) is 24.9 Å². The number of carbonyl (C=O) groups excluding carboxylic acids is 1. The first-order valence-corrected chi connectivity index (χ1v) is 12.3. The number of H-pyrrole nitrogens is 1. The van der Waals surface area contributed by atoms with E-state index in [4.69, 9.17) is 9.05 Å². The van der Waals surface area contributed by atoms with Gasteiger partial charge in [0.1, 0.15) is 6.10 Å². The fraction of sp³-hybridized carbons (Fsp3) is 0.722. The number of aryl methyl sites for hydroxylation is 1. The van der Waals surface area contributed by atoms with E-state index in [2.05, 4.69) is 4.98 Å². The van der Waals surface area contributed by atoms with Gasteiger partial charge in [-0.3, -0.25) is 32.6 Å². The highest BCUT2D eigenvalue weighted by Gasteiger charge is 2.55. The van der Waals surface area contributed by atoms with E-state index in [-0.39, 0.29) is 29.5 Å². The molecule has 1 heterocycles. The molecule has 1 aromatic heterocycles. The summed E-state index contributed by atoms with van der Waals surface area (Å²) < 4.78 is 40.3. The van der Waals surface area contributed by atoms with Crippen molar-refractivity contribution in [1.82, 2.24) is 14.2 Å². The molecule has 182 valence electrons. The van der Waals surface area contributed by atoms with Crippen LogP contribution >= 0.6 is 19.5 Å². The third-order valence-corrected chi connectivity index (χ3v) is 8.10. The van der Waals surface area contributed by atoms with Crippen LogP contribution in [0.3, 0.4) is 0 Å². The molecule has 11 nitrogen and oxygen atoms in total. The van der Waals surface area contributed by atoms with Crippen LogP contribution in [0.2, 0.25) is 0 Å². The monoisotopic (exact) mass is 497 g/mol. The Morgan fingerprint density at radius 3 is 2.62 bits per heavy atom. The molecule has 14 heteroatoms. The second kappa shape index (κ2) is 10.7. The molecule has 1 aliphatic rings. The van der Waals surface area contributed by atoms with E-state index in [0.717, 1.165) is 16.3 Å². The predicted molar refractivity (Wildman–Crippen MR) is 116 cm³/mol. The number of nitrogens with one attached hydrogen (secondary N) is 1. The maximum absolute atomic E-state index is 14.2.